The summed E-state index contributed by atoms with van der Waals surface area (Å²) in [5, 5.41) is 0. The van der Waals surface area contributed by atoms with Crippen molar-refractivity contribution in [1.29, 1.82) is 0 Å². The second-order valence-electron chi connectivity index (χ2n) is 2.78. The summed E-state index contributed by atoms with van der Waals surface area (Å²) in [7, 11) is 1.98. The first-order valence-electron chi connectivity index (χ1n) is 3.59. The van der Waals surface area contributed by atoms with E-state index in [1.54, 1.807) is 0 Å². The Morgan fingerprint density at radius 3 is 3.00 bits per heavy atom. The normalized spacial score (nSPS) is 15.7. The van der Waals surface area contributed by atoms with Gasteiger partial charge in [0.25, 0.3) is 0 Å². The molecule has 0 aromatic carbocycles. The molecule has 3 nitrogen and oxygen atoms in total. The quantitative estimate of drug-likeness (QED) is 0.565. The van der Waals surface area contributed by atoms with Crippen LogP contribution in [0, 0.1) is 0 Å². The van der Waals surface area contributed by atoms with Crippen molar-refractivity contribution in [1.82, 2.24) is 9.55 Å². The topological polar surface area (TPSA) is 43.8 Å². The van der Waals surface area contributed by atoms with E-state index in [1.807, 2.05) is 11.6 Å². The number of hydrogen-bond acceptors (Lipinski definition) is 2. The molecule has 1 aromatic heterocycles. The zero-order valence-electron chi connectivity index (χ0n) is 6.09. The SMILES string of the molecule is Cn1c(N)nc2c1CCC2. The number of anilines is 1. The van der Waals surface area contributed by atoms with Crippen molar-refractivity contribution in [2.24, 2.45) is 7.05 Å². The molecule has 10 heavy (non-hydrogen) atoms. The van der Waals surface area contributed by atoms with E-state index in [0.717, 1.165) is 12.8 Å². The van der Waals surface area contributed by atoms with E-state index in [-0.39, 0.29) is 0 Å². The van der Waals surface area contributed by atoms with Crippen LogP contribution in [-0.2, 0) is 19.9 Å². The number of imidazole rings is 1. The van der Waals surface area contributed by atoms with Gasteiger partial charge in [0.2, 0.25) is 0 Å². The van der Waals surface area contributed by atoms with Gasteiger partial charge < -0.3 is 10.3 Å². The third-order valence-corrected chi connectivity index (χ3v) is 2.16. The summed E-state index contributed by atoms with van der Waals surface area (Å²) in [6, 6.07) is 0. The predicted octanol–water partition coefficient (Wildman–Crippen LogP) is 0.491. The molecule has 0 radical (unpaired) electrons. The molecule has 1 aromatic rings. The summed E-state index contributed by atoms with van der Waals surface area (Å²) in [4.78, 5) is 4.23. The van der Waals surface area contributed by atoms with E-state index < -0.39 is 0 Å². The Labute approximate surface area is 59.9 Å². The van der Waals surface area contributed by atoms with E-state index in [2.05, 4.69) is 4.98 Å². The molecule has 1 aliphatic rings. The number of aromatic nitrogens is 2. The van der Waals surface area contributed by atoms with Crippen molar-refractivity contribution >= 4 is 5.95 Å². The van der Waals surface area contributed by atoms with Gasteiger partial charge in [0.15, 0.2) is 5.95 Å². The summed E-state index contributed by atoms with van der Waals surface area (Å²) in [5.74, 6) is 0.657. The number of nitrogens with two attached hydrogens (primary N) is 1. The fraction of sp³-hybridized carbons (Fsp3) is 0.571. The Morgan fingerprint density at radius 2 is 2.30 bits per heavy atom. The number of nitrogens with zero attached hydrogens (tertiary/aromatic N) is 2. The Kier molecular flexibility index (Phi) is 1.01. The predicted molar refractivity (Wildman–Crippen MR) is 39.6 cm³/mol. The number of aryl methyl sites for hydroxylation is 1. The summed E-state index contributed by atoms with van der Waals surface area (Å²) in [5.41, 5.74) is 8.14. The van der Waals surface area contributed by atoms with Crippen LogP contribution in [0.1, 0.15) is 17.8 Å². The standard InChI is InChI=1S/C7H11N3/c1-10-6-4-2-3-5(6)9-7(10)8/h2-4H2,1H3,(H2,8,9). The highest BCUT2D eigenvalue weighted by Crippen LogP contribution is 2.22. The average molecular weight is 137 g/mol. The van der Waals surface area contributed by atoms with Gasteiger partial charge in [0.05, 0.1) is 5.69 Å². The van der Waals surface area contributed by atoms with Crippen molar-refractivity contribution in [3.8, 4) is 0 Å². The Morgan fingerprint density at radius 1 is 1.50 bits per heavy atom. The van der Waals surface area contributed by atoms with Gasteiger partial charge in [0, 0.05) is 12.7 Å². The summed E-state index contributed by atoms with van der Waals surface area (Å²) in [6.07, 6.45) is 3.50. The summed E-state index contributed by atoms with van der Waals surface area (Å²) < 4.78 is 1.99. The van der Waals surface area contributed by atoms with Crippen molar-refractivity contribution in [2.45, 2.75) is 19.3 Å². The van der Waals surface area contributed by atoms with Gasteiger partial charge in [0.1, 0.15) is 0 Å². The molecule has 0 aliphatic heterocycles. The van der Waals surface area contributed by atoms with E-state index in [0.29, 0.717) is 5.95 Å². The van der Waals surface area contributed by atoms with Crippen LogP contribution in [0.3, 0.4) is 0 Å². The lowest BCUT2D eigenvalue weighted by molar-refractivity contribution is 0.806. The molecular formula is C7H11N3. The van der Waals surface area contributed by atoms with Crippen LogP contribution in [0.4, 0.5) is 5.95 Å². The Hall–Kier alpha value is -0.990. The lowest BCUT2D eigenvalue weighted by Crippen LogP contribution is -2.00. The molecule has 0 spiro atoms. The number of rotatable bonds is 0. The highest BCUT2D eigenvalue weighted by molar-refractivity contribution is 5.31. The monoisotopic (exact) mass is 137 g/mol. The van der Waals surface area contributed by atoms with Gasteiger partial charge in [-0.2, -0.15) is 0 Å². The maximum Gasteiger partial charge on any atom is 0.200 e. The molecule has 1 heterocycles. The van der Waals surface area contributed by atoms with Crippen molar-refractivity contribution in [2.75, 3.05) is 5.73 Å². The maximum absolute atomic E-state index is 5.60. The first kappa shape index (κ1) is 5.77. The third kappa shape index (κ3) is 0.574. The molecule has 0 atom stereocenters. The fourth-order valence-electron chi connectivity index (χ4n) is 1.55. The van der Waals surface area contributed by atoms with E-state index in [1.165, 1.54) is 17.8 Å². The van der Waals surface area contributed by atoms with Crippen molar-refractivity contribution < 1.29 is 0 Å². The van der Waals surface area contributed by atoms with Crippen LogP contribution in [0.5, 0.6) is 0 Å². The van der Waals surface area contributed by atoms with E-state index in [9.17, 15) is 0 Å². The third-order valence-electron chi connectivity index (χ3n) is 2.16. The van der Waals surface area contributed by atoms with Crippen molar-refractivity contribution in [3.63, 3.8) is 0 Å². The van der Waals surface area contributed by atoms with Crippen LogP contribution in [-0.4, -0.2) is 9.55 Å². The molecule has 0 saturated heterocycles. The molecule has 54 valence electrons. The largest absolute Gasteiger partial charge is 0.369 e. The minimum atomic E-state index is 0.657. The van der Waals surface area contributed by atoms with E-state index >= 15 is 0 Å². The zero-order valence-corrected chi connectivity index (χ0v) is 6.09. The summed E-state index contributed by atoms with van der Waals surface area (Å²) in [6.45, 7) is 0. The molecule has 0 saturated carbocycles. The smallest absolute Gasteiger partial charge is 0.200 e. The number of nitrogen functional groups attached to an aromatic ring is 1. The zero-order chi connectivity index (χ0) is 7.14. The minimum Gasteiger partial charge on any atom is -0.369 e. The second kappa shape index (κ2) is 1.75. The molecular weight excluding hydrogens is 126 g/mol. The first-order chi connectivity index (χ1) is 4.79. The lowest BCUT2D eigenvalue weighted by Gasteiger charge is -1.96. The van der Waals surface area contributed by atoms with Crippen LogP contribution in [0.15, 0.2) is 0 Å². The molecule has 3 heteroatoms. The van der Waals surface area contributed by atoms with Crippen LogP contribution in [0.2, 0.25) is 0 Å². The number of fused-ring (bicyclic) bond motifs is 1. The van der Waals surface area contributed by atoms with Gasteiger partial charge in [-0.1, -0.05) is 0 Å². The Balaban J connectivity index is 2.59. The molecule has 0 amide bonds. The number of hydrogen-bond donors (Lipinski definition) is 1. The van der Waals surface area contributed by atoms with Crippen LogP contribution >= 0.6 is 0 Å². The van der Waals surface area contributed by atoms with Crippen LogP contribution in [0.25, 0.3) is 0 Å². The van der Waals surface area contributed by atoms with Crippen molar-refractivity contribution in [3.05, 3.63) is 11.4 Å². The highest BCUT2D eigenvalue weighted by atomic mass is 15.1. The second-order valence-corrected chi connectivity index (χ2v) is 2.78. The highest BCUT2D eigenvalue weighted by Gasteiger charge is 2.17. The van der Waals surface area contributed by atoms with Gasteiger partial charge in [-0.3, -0.25) is 0 Å². The fourth-order valence-corrected chi connectivity index (χ4v) is 1.55. The van der Waals surface area contributed by atoms with Crippen LogP contribution < -0.4 is 5.73 Å². The van der Waals surface area contributed by atoms with Gasteiger partial charge in [-0.05, 0) is 19.3 Å². The molecule has 2 N–H and O–H groups in total. The minimum absolute atomic E-state index is 0.657. The van der Waals surface area contributed by atoms with Gasteiger partial charge >= 0.3 is 0 Å². The van der Waals surface area contributed by atoms with Gasteiger partial charge in [-0.15, -0.1) is 0 Å². The molecule has 0 fully saturated rings. The Bertz CT molecular complexity index is 262. The van der Waals surface area contributed by atoms with E-state index in [4.69, 9.17) is 5.73 Å². The molecule has 0 unspecified atom stereocenters. The molecule has 1 aliphatic carbocycles. The summed E-state index contributed by atoms with van der Waals surface area (Å²) >= 11 is 0. The van der Waals surface area contributed by atoms with Gasteiger partial charge in [-0.25, -0.2) is 4.98 Å². The molecule has 2 rings (SSSR count). The molecule has 0 bridgehead atoms. The lowest BCUT2D eigenvalue weighted by atomic mass is 10.3. The maximum atomic E-state index is 5.60. The first-order valence-corrected chi connectivity index (χ1v) is 3.59. The average Bonchev–Trinajstić information content (AvgIpc) is 2.41.